The monoisotopic (exact) mass is 452 g/mol. The highest BCUT2D eigenvalue weighted by molar-refractivity contribution is 14.0. The van der Waals surface area contributed by atoms with E-state index in [2.05, 4.69) is 65.3 Å². The predicted octanol–water partition coefficient (Wildman–Crippen LogP) is 2.21. The van der Waals surface area contributed by atoms with Crippen molar-refractivity contribution in [3.05, 3.63) is 11.7 Å². The molecule has 1 rings (SSSR count). The number of halogens is 1. The molecule has 0 fully saturated rings. The SMILES string of the molecule is CCNC(=NCCN(C(C)C)C(C)C)NCCc1nc(C)no1.I. The molecule has 1 aromatic rings. The summed E-state index contributed by atoms with van der Waals surface area (Å²) in [5.41, 5.74) is 0. The molecule has 1 heterocycles. The van der Waals surface area contributed by atoms with E-state index >= 15 is 0 Å². The summed E-state index contributed by atoms with van der Waals surface area (Å²) in [5.74, 6) is 2.15. The lowest BCUT2D eigenvalue weighted by Gasteiger charge is -2.29. The summed E-state index contributed by atoms with van der Waals surface area (Å²) in [6.07, 6.45) is 0.690. The van der Waals surface area contributed by atoms with E-state index in [0.29, 0.717) is 36.8 Å². The third-order valence-corrected chi connectivity index (χ3v) is 3.50. The van der Waals surface area contributed by atoms with E-state index in [9.17, 15) is 0 Å². The fourth-order valence-corrected chi connectivity index (χ4v) is 2.46. The van der Waals surface area contributed by atoms with Gasteiger partial charge in [0, 0.05) is 38.1 Å². The number of aromatic nitrogens is 2. The Morgan fingerprint density at radius 2 is 1.88 bits per heavy atom. The van der Waals surface area contributed by atoms with Gasteiger partial charge in [0.1, 0.15) is 0 Å². The molecule has 140 valence electrons. The van der Waals surface area contributed by atoms with Crippen LogP contribution in [0.3, 0.4) is 0 Å². The van der Waals surface area contributed by atoms with Crippen molar-refractivity contribution in [1.82, 2.24) is 25.7 Å². The van der Waals surface area contributed by atoms with Gasteiger partial charge in [-0.3, -0.25) is 9.89 Å². The van der Waals surface area contributed by atoms with Gasteiger partial charge in [0.25, 0.3) is 0 Å². The number of hydrogen-bond acceptors (Lipinski definition) is 5. The van der Waals surface area contributed by atoms with Crippen molar-refractivity contribution in [2.45, 2.75) is 60.0 Å². The Balaban J connectivity index is 0.00000529. The Morgan fingerprint density at radius 1 is 1.21 bits per heavy atom. The minimum absolute atomic E-state index is 0. The number of aryl methyl sites for hydroxylation is 1. The second-order valence-electron chi connectivity index (χ2n) is 6.10. The average molecular weight is 452 g/mol. The van der Waals surface area contributed by atoms with E-state index in [1.54, 1.807) is 0 Å². The van der Waals surface area contributed by atoms with Crippen LogP contribution < -0.4 is 10.6 Å². The Labute approximate surface area is 163 Å². The van der Waals surface area contributed by atoms with Crippen molar-refractivity contribution in [3.63, 3.8) is 0 Å². The number of guanidine groups is 1. The number of hydrogen-bond donors (Lipinski definition) is 2. The molecule has 0 aliphatic carbocycles. The maximum Gasteiger partial charge on any atom is 0.228 e. The normalized spacial score (nSPS) is 12.0. The molecule has 0 aliphatic rings. The highest BCUT2D eigenvalue weighted by atomic mass is 127. The fourth-order valence-electron chi connectivity index (χ4n) is 2.46. The molecule has 0 aliphatic heterocycles. The molecule has 24 heavy (non-hydrogen) atoms. The van der Waals surface area contributed by atoms with Gasteiger partial charge in [0.05, 0.1) is 6.54 Å². The first kappa shape index (κ1) is 23.1. The molecule has 0 spiro atoms. The zero-order valence-corrected chi connectivity index (χ0v) is 18.1. The Hall–Kier alpha value is -0.900. The summed E-state index contributed by atoms with van der Waals surface area (Å²) in [6, 6.07) is 1.06. The number of nitrogens with one attached hydrogen (secondary N) is 2. The first-order chi connectivity index (χ1) is 10.9. The van der Waals surface area contributed by atoms with Crippen LogP contribution in [0.2, 0.25) is 0 Å². The average Bonchev–Trinajstić information content (AvgIpc) is 2.88. The summed E-state index contributed by atoms with van der Waals surface area (Å²) < 4.78 is 5.10. The number of nitrogens with zero attached hydrogens (tertiary/aromatic N) is 4. The maximum atomic E-state index is 5.10. The van der Waals surface area contributed by atoms with Gasteiger partial charge in [0.15, 0.2) is 11.8 Å². The molecule has 0 radical (unpaired) electrons. The molecule has 0 aromatic carbocycles. The minimum Gasteiger partial charge on any atom is -0.357 e. The molecular formula is C16H33IN6O. The van der Waals surface area contributed by atoms with Crippen LogP contribution in [0, 0.1) is 6.92 Å². The van der Waals surface area contributed by atoms with Crippen molar-refractivity contribution in [1.29, 1.82) is 0 Å². The Morgan fingerprint density at radius 3 is 2.38 bits per heavy atom. The smallest absolute Gasteiger partial charge is 0.228 e. The quantitative estimate of drug-likeness (QED) is 0.340. The van der Waals surface area contributed by atoms with Crippen LogP contribution in [0.5, 0.6) is 0 Å². The number of aliphatic imine (C=N–C) groups is 1. The molecule has 2 N–H and O–H groups in total. The molecule has 1 aromatic heterocycles. The minimum atomic E-state index is 0. The third-order valence-electron chi connectivity index (χ3n) is 3.50. The van der Waals surface area contributed by atoms with Crippen molar-refractivity contribution in [2.75, 3.05) is 26.2 Å². The van der Waals surface area contributed by atoms with Crippen LogP contribution in [0.1, 0.15) is 46.3 Å². The second-order valence-corrected chi connectivity index (χ2v) is 6.10. The van der Waals surface area contributed by atoms with Crippen LogP contribution in [0.25, 0.3) is 0 Å². The van der Waals surface area contributed by atoms with E-state index in [4.69, 9.17) is 4.52 Å². The predicted molar refractivity (Wildman–Crippen MR) is 109 cm³/mol. The zero-order valence-electron chi connectivity index (χ0n) is 15.8. The molecule has 0 amide bonds. The third kappa shape index (κ3) is 8.81. The maximum absolute atomic E-state index is 5.10. The van der Waals surface area contributed by atoms with Crippen LogP contribution in [0.15, 0.2) is 9.52 Å². The molecule has 0 saturated heterocycles. The lowest BCUT2D eigenvalue weighted by molar-refractivity contribution is 0.181. The Bertz CT molecular complexity index is 467. The molecule has 0 saturated carbocycles. The molecule has 0 atom stereocenters. The summed E-state index contributed by atoms with van der Waals surface area (Å²) in [4.78, 5) is 11.3. The van der Waals surface area contributed by atoms with Gasteiger partial charge in [-0.05, 0) is 41.5 Å². The van der Waals surface area contributed by atoms with Gasteiger partial charge >= 0.3 is 0 Å². The first-order valence-electron chi connectivity index (χ1n) is 8.51. The topological polar surface area (TPSA) is 78.6 Å². The van der Waals surface area contributed by atoms with Gasteiger partial charge in [-0.2, -0.15) is 4.98 Å². The highest BCUT2D eigenvalue weighted by Crippen LogP contribution is 2.03. The van der Waals surface area contributed by atoms with E-state index in [1.165, 1.54) is 0 Å². The van der Waals surface area contributed by atoms with Crippen LogP contribution >= 0.6 is 24.0 Å². The largest absolute Gasteiger partial charge is 0.357 e. The van der Waals surface area contributed by atoms with Crippen LogP contribution in [0.4, 0.5) is 0 Å². The van der Waals surface area contributed by atoms with Crippen molar-refractivity contribution >= 4 is 29.9 Å². The highest BCUT2D eigenvalue weighted by Gasteiger charge is 2.12. The molecular weight excluding hydrogens is 419 g/mol. The fraction of sp³-hybridized carbons (Fsp3) is 0.812. The molecule has 0 bridgehead atoms. The van der Waals surface area contributed by atoms with Gasteiger partial charge < -0.3 is 15.2 Å². The molecule has 7 nitrogen and oxygen atoms in total. The lowest BCUT2D eigenvalue weighted by atomic mass is 10.2. The van der Waals surface area contributed by atoms with Gasteiger partial charge in [-0.25, -0.2) is 0 Å². The van der Waals surface area contributed by atoms with Crippen molar-refractivity contribution in [2.24, 2.45) is 4.99 Å². The van der Waals surface area contributed by atoms with Gasteiger partial charge in [-0.1, -0.05) is 5.16 Å². The van der Waals surface area contributed by atoms with Crippen molar-refractivity contribution < 1.29 is 4.52 Å². The Kier molecular flexibility index (Phi) is 12.0. The summed E-state index contributed by atoms with van der Waals surface area (Å²) in [7, 11) is 0. The van der Waals surface area contributed by atoms with Gasteiger partial charge in [0.2, 0.25) is 5.89 Å². The molecule has 8 heteroatoms. The van der Waals surface area contributed by atoms with E-state index in [-0.39, 0.29) is 24.0 Å². The van der Waals surface area contributed by atoms with Gasteiger partial charge in [-0.15, -0.1) is 24.0 Å². The van der Waals surface area contributed by atoms with E-state index in [0.717, 1.165) is 25.6 Å². The second kappa shape index (κ2) is 12.5. The zero-order chi connectivity index (χ0) is 17.2. The lowest BCUT2D eigenvalue weighted by Crippen LogP contribution is -2.41. The summed E-state index contributed by atoms with van der Waals surface area (Å²) in [5, 5.41) is 10.4. The number of rotatable bonds is 9. The summed E-state index contributed by atoms with van der Waals surface area (Å²) >= 11 is 0. The molecule has 0 unspecified atom stereocenters. The van der Waals surface area contributed by atoms with Crippen LogP contribution in [-0.2, 0) is 6.42 Å². The van der Waals surface area contributed by atoms with E-state index in [1.807, 2.05) is 6.92 Å². The first-order valence-corrected chi connectivity index (χ1v) is 8.51. The standard InChI is InChI=1S/C16H32N6O.HI/c1-7-17-16(18-9-8-15-20-14(6)21-23-15)19-10-11-22(12(2)3)13(4)5;/h12-13H,7-11H2,1-6H3,(H2,17,18,19);1H. The summed E-state index contributed by atoms with van der Waals surface area (Å²) in [6.45, 7) is 16.0. The van der Waals surface area contributed by atoms with Crippen molar-refractivity contribution in [3.8, 4) is 0 Å². The van der Waals surface area contributed by atoms with Crippen LogP contribution in [-0.4, -0.2) is 59.3 Å². The van der Waals surface area contributed by atoms with E-state index < -0.39 is 0 Å².